The van der Waals surface area contributed by atoms with Crippen LogP contribution in [0.5, 0.6) is 0 Å². The Balaban J connectivity index is 2.12. The van der Waals surface area contributed by atoms with E-state index in [1.807, 2.05) is 35.9 Å². The summed E-state index contributed by atoms with van der Waals surface area (Å²) in [5.41, 5.74) is 1.72. The first-order valence-electron chi connectivity index (χ1n) is 9.50. The molecule has 0 unspecified atom stereocenters. The number of ketones is 2. The molecular formula is C24H20ClNO5. The number of para-hydroxylation sites is 1. The first kappa shape index (κ1) is 22.1. The molecule has 0 saturated heterocycles. The Morgan fingerprint density at radius 1 is 1.10 bits per heavy atom. The van der Waals surface area contributed by atoms with Crippen LogP contribution in [0.15, 0.2) is 72.1 Å². The third-order valence-corrected chi connectivity index (χ3v) is 4.85. The van der Waals surface area contributed by atoms with Crippen molar-refractivity contribution in [3.05, 3.63) is 88.3 Å². The molecule has 7 heteroatoms. The summed E-state index contributed by atoms with van der Waals surface area (Å²) >= 11 is 5.90. The van der Waals surface area contributed by atoms with E-state index in [-0.39, 0.29) is 17.7 Å². The van der Waals surface area contributed by atoms with Crippen LogP contribution < -0.4 is 0 Å². The van der Waals surface area contributed by atoms with Gasteiger partial charge in [-0.3, -0.25) is 9.59 Å². The van der Waals surface area contributed by atoms with Crippen molar-refractivity contribution >= 4 is 46.1 Å². The van der Waals surface area contributed by atoms with E-state index in [9.17, 15) is 19.5 Å². The highest BCUT2D eigenvalue weighted by Crippen LogP contribution is 2.26. The number of nitrogens with zero attached hydrogens (tertiary/aromatic N) is 1. The lowest BCUT2D eigenvalue weighted by molar-refractivity contribution is -0.151. The van der Waals surface area contributed by atoms with E-state index in [0.717, 1.165) is 10.9 Å². The molecule has 6 nitrogen and oxygen atoms in total. The molecule has 0 aliphatic carbocycles. The Labute approximate surface area is 184 Å². The van der Waals surface area contributed by atoms with Crippen LogP contribution in [-0.4, -0.2) is 33.8 Å². The fourth-order valence-electron chi connectivity index (χ4n) is 3.12. The summed E-state index contributed by atoms with van der Waals surface area (Å²) in [4.78, 5) is 36.9. The van der Waals surface area contributed by atoms with Crippen molar-refractivity contribution in [1.82, 2.24) is 4.57 Å². The van der Waals surface area contributed by atoms with Crippen LogP contribution in [-0.2, 0) is 21.4 Å². The number of carbonyl (C=O) groups is 3. The molecule has 1 N–H and O–H groups in total. The largest absolute Gasteiger partial charge is 0.507 e. The number of aliphatic hydroxyl groups is 1. The predicted octanol–water partition coefficient (Wildman–Crippen LogP) is 4.67. The molecule has 0 aliphatic rings. The van der Waals surface area contributed by atoms with E-state index >= 15 is 0 Å². The second kappa shape index (κ2) is 9.45. The van der Waals surface area contributed by atoms with E-state index in [1.165, 1.54) is 18.2 Å². The number of benzene rings is 2. The number of allylic oxidation sites excluding steroid dienone is 1. The highest BCUT2D eigenvalue weighted by atomic mass is 35.5. The van der Waals surface area contributed by atoms with Crippen molar-refractivity contribution < 1.29 is 24.2 Å². The van der Waals surface area contributed by atoms with Crippen molar-refractivity contribution in [2.24, 2.45) is 7.05 Å². The SMILES string of the molecule is CCOC(=O)C(=O)/C=C(O)/C(=C/c1cn(C)c2ccccc12)C(=O)c1ccc(Cl)cc1. The van der Waals surface area contributed by atoms with Gasteiger partial charge in [0, 0.05) is 46.4 Å². The van der Waals surface area contributed by atoms with Gasteiger partial charge in [-0.1, -0.05) is 29.8 Å². The molecule has 0 bridgehead atoms. The van der Waals surface area contributed by atoms with Gasteiger partial charge in [0.25, 0.3) is 5.78 Å². The van der Waals surface area contributed by atoms with Crippen molar-refractivity contribution in [3.63, 3.8) is 0 Å². The number of aliphatic hydroxyl groups excluding tert-OH is 1. The molecule has 2 aromatic carbocycles. The Morgan fingerprint density at radius 2 is 1.77 bits per heavy atom. The molecule has 3 rings (SSSR count). The van der Waals surface area contributed by atoms with E-state index in [1.54, 1.807) is 25.3 Å². The summed E-state index contributed by atoms with van der Waals surface area (Å²) in [5, 5.41) is 11.9. The minimum absolute atomic E-state index is 0.0155. The van der Waals surface area contributed by atoms with E-state index < -0.39 is 23.3 Å². The fourth-order valence-corrected chi connectivity index (χ4v) is 3.25. The zero-order chi connectivity index (χ0) is 22.5. The second-order valence-corrected chi connectivity index (χ2v) is 7.16. The van der Waals surface area contributed by atoms with Crippen LogP contribution in [0.1, 0.15) is 22.8 Å². The molecule has 1 heterocycles. The van der Waals surface area contributed by atoms with Gasteiger partial charge in [-0.05, 0) is 43.3 Å². The zero-order valence-electron chi connectivity index (χ0n) is 17.0. The third kappa shape index (κ3) is 4.92. The maximum atomic E-state index is 13.2. The van der Waals surface area contributed by atoms with Crippen LogP contribution in [0.25, 0.3) is 17.0 Å². The molecule has 0 aliphatic heterocycles. The van der Waals surface area contributed by atoms with Gasteiger partial charge in [-0.25, -0.2) is 4.79 Å². The molecular weight excluding hydrogens is 418 g/mol. The normalized spacial score (nSPS) is 12.1. The molecule has 3 aromatic rings. The van der Waals surface area contributed by atoms with Crippen LogP contribution in [0.3, 0.4) is 0 Å². The number of hydrogen-bond acceptors (Lipinski definition) is 5. The van der Waals surface area contributed by atoms with Crippen molar-refractivity contribution in [2.75, 3.05) is 6.61 Å². The summed E-state index contributed by atoms with van der Waals surface area (Å²) < 4.78 is 6.54. The third-order valence-electron chi connectivity index (χ3n) is 4.60. The fraction of sp³-hybridized carbons (Fsp3) is 0.125. The molecule has 0 amide bonds. The van der Waals surface area contributed by atoms with Crippen LogP contribution >= 0.6 is 11.6 Å². The number of halogens is 1. The molecule has 158 valence electrons. The van der Waals surface area contributed by atoms with Gasteiger partial charge in [0.1, 0.15) is 5.76 Å². The van der Waals surface area contributed by atoms with Crippen LogP contribution in [0.2, 0.25) is 5.02 Å². The van der Waals surface area contributed by atoms with Gasteiger partial charge >= 0.3 is 5.97 Å². The van der Waals surface area contributed by atoms with Crippen LogP contribution in [0.4, 0.5) is 0 Å². The number of Topliss-reactive ketones (excluding diaryl/α,β-unsaturated/α-hetero) is 1. The topological polar surface area (TPSA) is 85.6 Å². The lowest BCUT2D eigenvalue weighted by Gasteiger charge is -2.07. The molecule has 0 atom stereocenters. The number of carbonyl (C=O) groups excluding carboxylic acids is 3. The number of fused-ring (bicyclic) bond motifs is 1. The molecule has 0 spiro atoms. The van der Waals surface area contributed by atoms with Crippen LogP contribution in [0, 0.1) is 0 Å². The lowest BCUT2D eigenvalue weighted by Crippen LogP contribution is -2.16. The maximum Gasteiger partial charge on any atom is 0.379 e. The smallest absolute Gasteiger partial charge is 0.379 e. The van der Waals surface area contributed by atoms with Crippen molar-refractivity contribution in [2.45, 2.75) is 6.92 Å². The number of aryl methyl sites for hydroxylation is 1. The number of esters is 1. The Kier molecular flexibility index (Phi) is 6.72. The lowest BCUT2D eigenvalue weighted by atomic mass is 9.98. The Bertz CT molecular complexity index is 1220. The standard InChI is InChI=1S/C24H20ClNO5/c1-3-31-24(30)22(28)13-21(27)19(23(29)15-8-10-17(25)11-9-15)12-16-14-26(2)20-7-5-4-6-18(16)20/h4-14,27H,3H2,1-2H3/b19-12-,21-13-. The molecule has 1 aromatic heterocycles. The Hall–Kier alpha value is -3.64. The van der Waals surface area contributed by atoms with Gasteiger partial charge < -0.3 is 14.4 Å². The number of hydrogen-bond donors (Lipinski definition) is 1. The number of aromatic nitrogens is 1. The van der Waals surface area contributed by atoms with Gasteiger partial charge in [-0.2, -0.15) is 0 Å². The summed E-state index contributed by atoms with van der Waals surface area (Å²) in [5.74, 6) is -3.34. The molecule has 31 heavy (non-hydrogen) atoms. The highest BCUT2D eigenvalue weighted by molar-refractivity contribution is 6.38. The van der Waals surface area contributed by atoms with E-state index in [0.29, 0.717) is 16.7 Å². The van der Waals surface area contributed by atoms with Gasteiger partial charge in [0.05, 0.1) is 12.2 Å². The quantitative estimate of drug-likeness (QED) is 0.145. The van der Waals surface area contributed by atoms with Gasteiger partial charge in [0.15, 0.2) is 5.78 Å². The molecule has 0 fully saturated rings. The highest BCUT2D eigenvalue weighted by Gasteiger charge is 2.21. The second-order valence-electron chi connectivity index (χ2n) is 6.72. The molecule has 0 radical (unpaired) electrons. The van der Waals surface area contributed by atoms with Crippen molar-refractivity contribution in [3.8, 4) is 0 Å². The minimum Gasteiger partial charge on any atom is -0.507 e. The summed E-state index contributed by atoms with van der Waals surface area (Å²) in [6.45, 7) is 1.58. The van der Waals surface area contributed by atoms with Gasteiger partial charge in [0.2, 0.25) is 0 Å². The van der Waals surface area contributed by atoms with Gasteiger partial charge in [-0.15, -0.1) is 0 Å². The van der Waals surface area contributed by atoms with Crippen molar-refractivity contribution in [1.29, 1.82) is 0 Å². The minimum atomic E-state index is -1.11. The molecule has 0 saturated carbocycles. The monoisotopic (exact) mass is 437 g/mol. The summed E-state index contributed by atoms with van der Waals surface area (Å²) in [6.07, 6.45) is 3.99. The number of rotatable bonds is 7. The zero-order valence-corrected chi connectivity index (χ0v) is 17.7. The summed E-state index contributed by atoms with van der Waals surface area (Å²) in [7, 11) is 1.86. The Morgan fingerprint density at radius 3 is 2.45 bits per heavy atom. The average molecular weight is 438 g/mol. The summed E-state index contributed by atoms with van der Waals surface area (Å²) in [6, 6.07) is 13.7. The number of ether oxygens (including phenoxy) is 1. The maximum absolute atomic E-state index is 13.2. The van der Waals surface area contributed by atoms with E-state index in [4.69, 9.17) is 11.6 Å². The predicted molar refractivity (Wildman–Crippen MR) is 119 cm³/mol. The first-order valence-corrected chi connectivity index (χ1v) is 9.87. The van der Waals surface area contributed by atoms with E-state index in [2.05, 4.69) is 4.74 Å². The average Bonchev–Trinajstić information content (AvgIpc) is 3.07. The first-order chi connectivity index (χ1) is 14.8.